The van der Waals surface area contributed by atoms with E-state index in [-0.39, 0.29) is 0 Å². The Kier molecular flexibility index (Phi) is 4.76. The van der Waals surface area contributed by atoms with Crippen LogP contribution in [0.1, 0.15) is 17.7 Å². The van der Waals surface area contributed by atoms with Crippen molar-refractivity contribution in [2.24, 2.45) is 0 Å². The zero-order chi connectivity index (χ0) is 15.2. The number of aromatic nitrogens is 1. The summed E-state index contributed by atoms with van der Waals surface area (Å²) in [6.07, 6.45) is 1.83. The molecule has 0 fully saturated rings. The summed E-state index contributed by atoms with van der Waals surface area (Å²) in [6, 6.07) is 24.0. The minimum absolute atomic E-state index is 0.348. The highest BCUT2D eigenvalue weighted by atomic mass is 32.2. The van der Waals surface area contributed by atoms with E-state index in [0.717, 1.165) is 16.5 Å². The normalized spacial score (nSPS) is 11.9. The molecule has 1 atom stereocenters. The molecule has 3 rings (SSSR count). The zero-order valence-corrected chi connectivity index (χ0v) is 13.2. The fourth-order valence-electron chi connectivity index (χ4n) is 2.10. The van der Waals surface area contributed by atoms with Crippen LogP contribution >= 0.6 is 11.8 Å². The van der Waals surface area contributed by atoms with E-state index in [1.165, 1.54) is 5.56 Å². The van der Waals surface area contributed by atoms with E-state index in [1.807, 2.05) is 66.9 Å². The maximum absolute atomic E-state index is 5.81. The third-order valence-corrected chi connectivity index (χ3v) is 4.37. The maximum atomic E-state index is 5.81. The molecule has 0 spiro atoms. The lowest BCUT2D eigenvalue weighted by Crippen LogP contribution is -1.90. The zero-order valence-electron chi connectivity index (χ0n) is 12.3. The van der Waals surface area contributed by atoms with Crippen LogP contribution in [-0.2, 0) is 0 Å². The number of ether oxygens (including phenoxy) is 1. The van der Waals surface area contributed by atoms with Crippen molar-refractivity contribution < 1.29 is 4.74 Å². The SMILES string of the molecule is CC(Sc1ccccn1)c1ccc(Oc2ccccc2)cc1. The number of pyridine rings is 1. The molecule has 2 nitrogen and oxygen atoms in total. The molecular weight excluding hydrogens is 290 g/mol. The summed E-state index contributed by atoms with van der Waals surface area (Å²) in [7, 11) is 0. The summed E-state index contributed by atoms with van der Waals surface area (Å²) in [4.78, 5) is 4.36. The third kappa shape index (κ3) is 3.89. The summed E-state index contributed by atoms with van der Waals surface area (Å²) < 4.78 is 5.81. The molecule has 22 heavy (non-hydrogen) atoms. The van der Waals surface area contributed by atoms with Gasteiger partial charge in [0.05, 0.1) is 5.03 Å². The molecule has 1 unspecified atom stereocenters. The van der Waals surface area contributed by atoms with Gasteiger partial charge in [0, 0.05) is 11.4 Å². The number of thioether (sulfide) groups is 1. The van der Waals surface area contributed by atoms with Crippen LogP contribution in [-0.4, -0.2) is 4.98 Å². The predicted octanol–water partition coefficient (Wildman–Crippen LogP) is 5.73. The van der Waals surface area contributed by atoms with Crippen molar-refractivity contribution in [2.75, 3.05) is 0 Å². The van der Waals surface area contributed by atoms with Gasteiger partial charge in [-0.15, -0.1) is 0 Å². The van der Waals surface area contributed by atoms with Crippen molar-refractivity contribution in [1.29, 1.82) is 0 Å². The van der Waals surface area contributed by atoms with Crippen molar-refractivity contribution in [2.45, 2.75) is 17.2 Å². The highest BCUT2D eigenvalue weighted by Gasteiger charge is 2.08. The van der Waals surface area contributed by atoms with Gasteiger partial charge < -0.3 is 4.74 Å². The summed E-state index contributed by atoms with van der Waals surface area (Å²) in [6.45, 7) is 2.19. The van der Waals surface area contributed by atoms with Crippen LogP contribution in [0.3, 0.4) is 0 Å². The molecule has 2 aromatic carbocycles. The first-order valence-electron chi connectivity index (χ1n) is 7.22. The molecule has 0 saturated heterocycles. The molecular formula is C19H17NOS. The van der Waals surface area contributed by atoms with Gasteiger partial charge in [0.25, 0.3) is 0 Å². The summed E-state index contributed by atoms with van der Waals surface area (Å²) >= 11 is 1.75. The quantitative estimate of drug-likeness (QED) is 0.562. The van der Waals surface area contributed by atoms with Gasteiger partial charge >= 0.3 is 0 Å². The number of hydrogen-bond acceptors (Lipinski definition) is 3. The van der Waals surface area contributed by atoms with Gasteiger partial charge in [-0.05, 0) is 48.9 Å². The van der Waals surface area contributed by atoms with E-state index in [4.69, 9.17) is 4.74 Å². The van der Waals surface area contributed by atoms with Crippen LogP contribution in [0.15, 0.2) is 84.0 Å². The van der Waals surface area contributed by atoms with Gasteiger partial charge in [-0.25, -0.2) is 4.98 Å². The van der Waals surface area contributed by atoms with Crippen molar-refractivity contribution in [3.05, 3.63) is 84.6 Å². The monoisotopic (exact) mass is 307 g/mol. The van der Waals surface area contributed by atoms with E-state index in [2.05, 4.69) is 24.0 Å². The molecule has 1 aromatic heterocycles. The lowest BCUT2D eigenvalue weighted by Gasteiger charge is -2.12. The van der Waals surface area contributed by atoms with Gasteiger partial charge in [-0.3, -0.25) is 0 Å². The number of rotatable bonds is 5. The Morgan fingerprint density at radius 3 is 2.18 bits per heavy atom. The largest absolute Gasteiger partial charge is 0.457 e. The average Bonchev–Trinajstić information content (AvgIpc) is 2.57. The van der Waals surface area contributed by atoms with E-state index in [9.17, 15) is 0 Å². The second kappa shape index (κ2) is 7.14. The Morgan fingerprint density at radius 2 is 1.50 bits per heavy atom. The topological polar surface area (TPSA) is 22.1 Å². The Labute approximate surface area is 135 Å². The van der Waals surface area contributed by atoms with Gasteiger partial charge in [-0.2, -0.15) is 0 Å². The fraction of sp³-hybridized carbons (Fsp3) is 0.105. The molecule has 3 aromatic rings. The number of benzene rings is 2. The minimum atomic E-state index is 0.348. The third-order valence-electron chi connectivity index (χ3n) is 3.26. The van der Waals surface area contributed by atoms with Crippen LogP contribution in [0.5, 0.6) is 11.5 Å². The summed E-state index contributed by atoms with van der Waals surface area (Å²) in [5.41, 5.74) is 1.26. The predicted molar refractivity (Wildman–Crippen MR) is 91.5 cm³/mol. The van der Waals surface area contributed by atoms with Gasteiger partial charge in [0.2, 0.25) is 0 Å². The summed E-state index contributed by atoms with van der Waals surface area (Å²) in [5.74, 6) is 1.70. The van der Waals surface area contributed by atoms with E-state index in [0.29, 0.717) is 5.25 Å². The van der Waals surface area contributed by atoms with E-state index < -0.39 is 0 Å². The van der Waals surface area contributed by atoms with Crippen molar-refractivity contribution in [3.8, 4) is 11.5 Å². The standard InChI is InChI=1S/C19H17NOS/c1-15(22-19-9-5-6-14-20-19)16-10-12-18(13-11-16)21-17-7-3-2-4-8-17/h2-15H,1H3. The smallest absolute Gasteiger partial charge is 0.127 e. The number of nitrogens with zero attached hydrogens (tertiary/aromatic N) is 1. The van der Waals surface area contributed by atoms with Crippen LogP contribution in [0.4, 0.5) is 0 Å². The van der Waals surface area contributed by atoms with E-state index in [1.54, 1.807) is 11.8 Å². The minimum Gasteiger partial charge on any atom is -0.457 e. The second-order valence-corrected chi connectivity index (χ2v) is 6.27. The van der Waals surface area contributed by atoms with Crippen molar-refractivity contribution >= 4 is 11.8 Å². The Bertz CT molecular complexity index is 699. The fourth-order valence-corrected chi connectivity index (χ4v) is 3.03. The number of hydrogen-bond donors (Lipinski definition) is 0. The first-order valence-corrected chi connectivity index (χ1v) is 8.10. The van der Waals surface area contributed by atoms with Crippen LogP contribution in [0, 0.1) is 0 Å². The second-order valence-electron chi connectivity index (χ2n) is 4.91. The average molecular weight is 307 g/mol. The maximum Gasteiger partial charge on any atom is 0.127 e. The highest BCUT2D eigenvalue weighted by Crippen LogP contribution is 2.34. The molecule has 0 N–H and O–H groups in total. The van der Waals surface area contributed by atoms with Crippen LogP contribution < -0.4 is 4.74 Å². The first-order chi connectivity index (χ1) is 10.8. The molecule has 0 aliphatic rings. The van der Waals surface area contributed by atoms with Crippen molar-refractivity contribution in [1.82, 2.24) is 4.98 Å². The van der Waals surface area contributed by atoms with Crippen LogP contribution in [0.25, 0.3) is 0 Å². The van der Waals surface area contributed by atoms with Gasteiger partial charge in [0.1, 0.15) is 11.5 Å². The van der Waals surface area contributed by atoms with Gasteiger partial charge in [-0.1, -0.05) is 48.2 Å². The molecule has 0 aliphatic heterocycles. The Hall–Kier alpha value is -2.26. The lowest BCUT2D eigenvalue weighted by atomic mass is 10.1. The Balaban J connectivity index is 1.66. The molecule has 0 radical (unpaired) electrons. The molecule has 0 amide bonds. The molecule has 0 bridgehead atoms. The first kappa shape index (κ1) is 14.7. The molecule has 1 heterocycles. The van der Waals surface area contributed by atoms with Crippen LogP contribution in [0.2, 0.25) is 0 Å². The number of para-hydroxylation sites is 1. The highest BCUT2D eigenvalue weighted by molar-refractivity contribution is 7.99. The molecule has 0 saturated carbocycles. The van der Waals surface area contributed by atoms with E-state index >= 15 is 0 Å². The molecule has 0 aliphatic carbocycles. The molecule has 3 heteroatoms. The summed E-state index contributed by atoms with van der Waals surface area (Å²) in [5, 5.41) is 1.39. The van der Waals surface area contributed by atoms with Crippen molar-refractivity contribution in [3.63, 3.8) is 0 Å². The Morgan fingerprint density at radius 1 is 0.818 bits per heavy atom. The lowest BCUT2D eigenvalue weighted by molar-refractivity contribution is 0.482. The van der Waals surface area contributed by atoms with Gasteiger partial charge in [0.15, 0.2) is 0 Å². The molecule has 110 valence electrons.